The number of carbonyl (C=O) groups excluding carboxylic acids is 1. The number of rotatable bonds is 10. The predicted octanol–water partition coefficient (Wildman–Crippen LogP) is 5.07. The quantitative estimate of drug-likeness (QED) is 0.446. The van der Waals surface area contributed by atoms with Gasteiger partial charge in [0.1, 0.15) is 5.75 Å². The van der Waals surface area contributed by atoms with Crippen LogP contribution >= 0.6 is 0 Å². The largest absolute Gasteiger partial charge is 0.496 e. The van der Waals surface area contributed by atoms with Gasteiger partial charge in [0.25, 0.3) is 0 Å². The maximum Gasteiger partial charge on any atom is 0.224 e. The molecule has 0 bridgehead atoms. The van der Waals surface area contributed by atoms with Gasteiger partial charge in [0.15, 0.2) is 0 Å². The number of ether oxygens (including phenoxy) is 1. The van der Waals surface area contributed by atoms with Gasteiger partial charge in [0, 0.05) is 36.9 Å². The summed E-state index contributed by atoms with van der Waals surface area (Å²) >= 11 is 0. The van der Waals surface area contributed by atoms with E-state index in [-0.39, 0.29) is 5.91 Å². The summed E-state index contributed by atoms with van der Waals surface area (Å²) in [5, 5.41) is 6.74. The van der Waals surface area contributed by atoms with Crippen molar-refractivity contribution in [2.24, 2.45) is 0 Å². The summed E-state index contributed by atoms with van der Waals surface area (Å²) in [6.07, 6.45) is 4.48. The molecule has 0 atom stereocenters. The Morgan fingerprint density at radius 1 is 0.912 bits per heavy atom. The molecule has 3 aromatic rings. The van der Waals surface area contributed by atoms with Gasteiger partial charge in [-0.05, 0) is 73.7 Å². The van der Waals surface area contributed by atoms with Gasteiger partial charge < -0.3 is 20.3 Å². The van der Waals surface area contributed by atoms with Crippen LogP contribution in [0.3, 0.4) is 0 Å². The van der Waals surface area contributed by atoms with Gasteiger partial charge in [-0.25, -0.2) is 0 Å². The number of nitrogens with one attached hydrogen (secondary N) is 2. The molecular formula is C29H35N3O2. The van der Waals surface area contributed by atoms with E-state index < -0.39 is 0 Å². The average Bonchev–Trinajstić information content (AvgIpc) is 2.89. The number of hydrogen-bond donors (Lipinski definition) is 2. The second kappa shape index (κ2) is 12.2. The monoisotopic (exact) mass is 457 g/mol. The molecule has 1 aliphatic rings. The topological polar surface area (TPSA) is 53.6 Å². The highest BCUT2D eigenvalue weighted by atomic mass is 16.5. The van der Waals surface area contributed by atoms with Gasteiger partial charge in [0.05, 0.1) is 7.11 Å². The lowest BCUT2D eigenvalue weighted by molar-refractivity contribution is -0.116. The molecule has 1 fully saturated rings. The summed E-state index contributed by atoms with van der Waals surface area (Å²) in [6, 6.07) is 27.2. The van der Waals surface area contributed by atoms with E-state index in [1.54, 1.807) is 7.11 Å². The van der Waals surface area contributed by atoms with E-state index in [1.807, 2.05) is 42.5 Å². The van der Waals surface area contributed by atoms with Crippen LogP contribution in [0.5, 0.6) is 5.75 Å². The Hall–Kier alpha value is -3.31. The Balaban J connectivity index is 1.17. The van der Waals surface area contributed by atoms with Crippen molar-refractivity contribution in [1.29, 1.82) is 0 Å². The van der Waals surface area contributed by atoms with Crippen molar-refractivity contribution in [2.45, 2.75) is 38.1 Å². The Morgan fingerprint density at radius 2 is 1.62 bits per heavy atom. The number of benzene rings is 3. The third-order valence-electron chi connectivity index (χ3n) is 6.51. The standard InChI is InChI=1S/C29H35N3O2/c1-34-28-10-6-5-9-24(28)17-20-30-25-18-21-32(22-19-25)27-14-12-26(13-15-27)31-29(33)16-11-23-7-3-2-4-8-23/h2-10,12-15,25,30H,11,16-22H2,1H3,(H,31,33). The molecule has 0 saturated carbocycles. The van der Waals surface area contributed by atoms with Crippen molar-refractivity contribution < 1.29 is 9.53 Å². The lowest BCUT2D eigenvalue weighted by atomic mass is 10.0. The molecule has 5 heteroatoms. The molecule has 0 unspecified atom stereocenters. The summed E-state index contributed by atoms with van der Waals surface area (Å²) in [7, 11) is 1.73. The normalized spacial score (nSPS) is 14.1. The first-order valence-corrected chi connectivity index (χ1v) is 12.3. The molecule has 1 amide bonds. The first kappa shape index (κ1) is 23.8. The second-order valence-corrected chi connectivity index (χ2v) is 8.86. The highest BCUT2D eigenvalue weighted by molar-refractivity contribution is 5.91. The predicted molar refractivity (Wildman–Crippen MR) is 140 cm³/mol. The van der Waals surface area contributed by atoms with Gasteiger partial charge in [-0.3, -0.25) is 4.79 Å². The summed E-state index contributed by atoms with van der Waals surface area (Å²) in [5.41, 5.74) is 4.51. The lowest BCUT2D eigenvalue weighted by Gasteiger charge is -2.34. The van der Waals surface area contributed by atoms with E-state index in [0.717, 1.165) is 56.8 Å². The molecule has 1 saturated heterocycles. The average molecular weight is 458 g/mol. The van der Waals surface area contributed by atoms with Crippen LogP contribution in [-0.2, 0) is 17.6 Å². The summed E-state index contributed by atoms with van der Waals surface area (Å²) in [6.45, 7) is 3.04. The molecule has 4 rings (SSSR count). The molecule has 34 heavy (non-hydrogen) atoms. The van der Waals surface area contributed by atoms with E-state index >= 15 is 0 Å². The van der Waals surface area contributed by atoms with Gasteiger partial charge in [-0.1, -0.05) is 48.5 Å². The minimum atomic E-state index is 0.0524. The number of nitrogens with zero attached hydrogens (tertiary/aromatic N) is 1. The highest BCUT2D eigenvalue weighted by Crippen LogP contribution is 2.23. The van der Waals surface area contributed by atoms with E-state index in [0.29, 0.717) is 12.5 Å². The number of carbonyl (C=O) groups is 1. The summed E-state index contributed by atoms with van der Waals surface area (Å²) in [5.74, 6) is 1.02. The Morgan fingerprint density at radius 3 is 2.35 bits per heavy atom. The smallest absolute Gasteiger partial charge is 0.224 e. The molecule has 178 valence electrons. The minimum absolute atomic E-state index is 0.0524. The number of methoxy groups -OCH3 is 1. The third kappa shape index (κ3) is 6.84. The van der Waals surface area contributed by atoms with Gasteiger partial charge in [-0.2, -0.15) is 0 Å². The van der Waals surface area contributed by atoms with Crippen molar-refractivity contribution >= 4 is 17.3 Å². The van der Waals surface area contributed by atoms with Gasteiger partial charge in [0.2, 0.25) is 5.91 Å². The number of hydrogen-bond acceptors (Lipinski definition) is 4. The van der Waals surface area contributed by atoms with Gasteiger partial charge in [-0.15, -0.1) is 0 Å². The first-order chi connectivity index (χ1) is 16.7. The summed E-state index contributed by atoms with van der Waals surface area (Å²) in [4.78, 5) is 14.7. The van der Waals surface area contributed by atoms with E-state index in [9.17, 15) is 4.79 Å². The zero-order chi connectivity index (χ0) is 23.6. The maximum absolute atomic E-state index is 12.3. The molecule has 3 aromatic carbocycles. The molecule has 2 N–H and O–H groups in total. The van der Waals surface area contributed by atoms with E-state index in [1.165, 1.54) is 16.8 Å². The fourth-order valence-electron chi connectivity index (χ4n) is 4.54. The number of aryl methyl sites for hydroxylation is 1. The Kier molecular flexibility index (Phi) is 8.58. The van der Waals surface area contributed by atoms with Crippen LogP contribution in [0, 0.1) is 0 Å². The van der Waals surface area contributed by atoms with Crippen LogP contribution in [0.25, 0.3) is 0 Å². The fraction of sp³-hybridized carbons (Fsp3) is 0.345. The Labute approximate surface area is 203 Å². The fourth-order valence-corrected chi connectivity index (χ4v) is 4.54. The molecule has 1 aliphatic heterocycles. The molecule has 0 aromatic heterocycles. The zero-order valence-electron chi connectivity index (χ0n) is 20.0. The zero-order valence-corrected chi connectivity index (χ0v) is 20.0. The van der Waals surface area contributed by atoms with E-state index in [2.05, 4.69) is 51.9 Å². The number of para-hydroxylation sites is 1. The molecule has 0 spiro atoms. The van der Waals surface area contributed by atoms with Crippen molar-refractivity contribution in [3.05, 3.63) is 90.0 Å². The SMILES string of the molecule is COc1ccccc1CCNC1CCN(c2ccc(NC(=O)CCc3ccccc3)cc2)CC1. The maximum atomic E-state index is 12.3. The highest BCUT2D eigenvalue weighted by Gasteiger charge is 2.19. The molecule has 0 aliphatic carbocycles. The van der Waals surface area contributed by atoms with Crippen LogP contribution in [0.4, 0.5) is 11.4 Å². The van der Waals surface area contributed by atoms with Crippen molar-refractivity contribution in [3.8, 4) is 5.75 Å². The molecule has 5 nitrogen and oxygen atoms in total. The van der Waals surface area contributed by atoms with Crippen LogP contribution in [-0.4, -0.2) is 38.7 Å². The van der Waals surface area contributed by atoms with Crippen molar-refractivity contribution in [3.63, 3.8) is 0 Å². The number of piperidine rings is 1. The van der Waals surface area contributed by atoms with Crippen LogP contribution < -0.4 is 20.3 Å². The minimum Gasteiger partial charge on any atom is -0.496 e. The third-order valence-corrected chi connectivity index (χ3v) is 6.51. The molecule has 0 radical (unpaired) electrons. The Bertz CT molecular complexity index is 1030. The van der Waals surface area contributed by atoms with Crippen molar-refractivity contribution in [2.75, 3.05) is 37.0 Å². The van der Waals surface area contributed by atoms with Crippen LogP contribution in [0.1, 0.15) is 30.4 Å². The number of amides is 1. The first-order valence-electron chi connectivity index (χ1n) is 12.3. The van der Waals surface area contributed by atoms with Gasteiger partial charge >= 0.3 is 0 Å². The van der Waals surface area contributed by atoms with Crippen LogP contribution in [0.15, 0.2) is 78.9 Å². The second-order valence-electron chi connectivity index (χ2n) is 8.86. The number of anilines is 2. The lowest BCUT2D eigenvalue weighted by Crippen LogP contribution is -2.43. The summed E-state index contributed by atoms with van der Waals surface area (Å²) < 4.78 is 5.45. The van der Waals surface area contributed by atoms with Crippen molar-refractivity contribution in [1.82, 2.24) is 5.32 Å². The van der Waals surface area contributed by atoms with E-state index in [4.69, 9.17) is 4.74 Å². The molecular weight excluding hydrogens is 422 g/mol. The molecule has 1 heterocycles. The van der Waals surface area contributed by atoms with Crippen LogP contribution in [0.2, 0.25) is 0 Å².